The molecule has 1 aliphatic rings. The Balaban J connectivity index is 2.02. The van der Waals surface area contributed by atoms with Gasteiger partial charge in [-0.1, -0.05) is 47.4 Å². The maximum Gasteiger partial charge on any atom is 0.265 e. The number of nitrogens with one attached hydrogen (secondary N) is 2. The Morgan fingerprint density at radius 2 is 2.00 bits per heavy atom. The number of halogens is 2. The van der Waals surface area contributed by atoms with E-state index in [2.05, 4.69) is 26.0 Å². The van der Waals surface area contributed by atoms with E-state index in [1.54, 1.807) is 24.3 Å². The fourth-order valence-electron chi connectivity index (χ4n) is 2.84. The summed E-state index contributed by atoms with van der Waals surface area (Å²) < 4.78 is 35.0. The van der Waals surface area contributed by atoms with Crippen molar-refractivity contribution in [3.05, 3.63) is 45.4 Å². The number of amides is 1. The number of benzene rings is 2. The van der Waals surface area contributed by atoms with Crippen LogP contribution < -0.4 is 14.8 Å². The Morgan fingerprint density at radius 1 is 1.29 bits per heavy atom. The van der Waals surface area contributed by atoms with Gasteiger partial charge in [0.15, 0.2) is 11.9 Å². The van der Waals surface area contributed by atoms with Crippen LogP contribution in [0.3, 0.4) is 0 Å². The van der Waals surface area contributed by atoms with Crippen LogP contribution in [0.4, 0.5) is 11.4 Å². The molecule has 28 heavy (non-hydrogen) atoms. The largest absolute Gasteiger partial charge is 0.477 e. The SMILES string of the molecule is Cc1ccc(NS(=O)(=O)c2cc(Br)cc3c2OC(CC(C)C)C(=O)N3)cc1Cl. The highest BCUT2D eigenvalue weighted by Gasteiger charge is 2.33. The van der Waals surface area contributed by atoms with Crippen LogP contribution in [0, 0.1) is 12.8 Å². The predicted molar refractivity (Wildman–Crippen MR) is 114 cm³/mol. The molecule has 2 aromatic carbocycles. The number of rotatable bonds is 5. The third-order valence-electron chi connectivity index (χ3n) is 4.23. The van der Waals surface area contributed by atoms with Crippen molar-refractivity contribution in [2.45, 2.75) is 38.2 Å². The summed E-state index contributed by atoms with van der Waals surface area (Å²) in [6, 6.07) is 7.96. The first-order valence-electron chi connectivity index (χ1n) is 8.67. The molecule has 3 rings (SSSR count). The predicted octanol–water partition coefficient (Wildman–Crippen LogP) is 4.96. The van der Waals surface area contributed by atoms with Crippen LogP contribution in [0.15, 0.2) is 39.7 Å². The second kappa shape index (κ2) is 7.93. The normalized spacial score (nSPS) is 16.4. The average molecular weight is 488 g/mol. The molecule has 2 aromatic rings. The number of hydrogen-bond donors (Lipinski definition) is 2. The van der Waals surface area contributed by atoms with Gasteiger partial charge in [-0.3, -0.25) is 9.52 Å². The second-order valence-corrected chi connectivity index (χ2v) is 10.0. The van der Waals surface area contributed by atoms with Gasteiger partial charge in [0, 0.05) is 9.50 Å². The Kier molecular flexibility index (Phi) is 5.93. The Morgan fingerprint density at radius 3 is 2.64 bits per heavy atom. The van der Waals surface area contributed by atoms with Gasteiger partial charge in [-0.15, -0.1) is 0 Å². The minimum Gasteiger partial charge on any atom is -0.477 e. The molecular weight excluding hydrogens is 468 g/mol. The van der Waals surface area contributed by atoms with Crippen molar-refractivity contribution in [1.82, 2.24) is 0 Å². The first-order chi connectivity index (χ1) is 13.1. The highest BCUT2D eigenvalue weighted by Crippen LogP contribution is 2.40. The summed E-state index contributed by atoms with van der Waals surface area (Å²) in [6.07, 6.45) is -0.279. The van der Waals surface area contributed by atoms with E-state index in [0.717, 1.165) is 5.56 Å². The summed E-state index contributed by atoms with van der Waals surface area (Å²) in [4.78, 5) is 12.2. The van der Waals surface area contributed by atoms with Crippen molar-refractivity contribution in [1.29, 1.82) is 0 Å². The van der Waals surface area contributed by atoms with E-state index in [9.17, 15) is 13.2 Å². The second-order valence-electron chi connectivity index (χ2n) is 7.08. The molecule has 6 nitrogen and oxygen atoms in total. The molecule has 0 aromatic heterocycles. The van der Waals surface area contributed by atoms with Crippen LogP contribution in [0.5, 0.6) is 5.75 Å². The number of fused-ring (bicyclic) bond motifs is 1. The van der Waals surface area contributed by atoms with Gasteiger partial charge in [0.2, 0.25) is 0 Å². The minimum absolute atomic E-state index is 0.0673. The van der Waals surface area contributed by atoms with E-state index in [1.807, 2.05) is 20.8 Å². The summed E-state index contributed by atoms with van der Waals surface area (Å²) in [5.74, 6) is 0.0423. The monoisotopic (exact) mass is 486 g/mol. The summed E-state index contributed by atoms with van der Waals surface area (Å²) in [5.41, 5.74) is 1.48. The van der Waals surface area contributed by atoms with E-state index in [-0.39, 0.29) is 22.5 Å². The van der Waals surface area contributed by atoms with Gasteiger partial charge in [-0.2, -0.15) is 0 Å². The molecule has 2 N–H and O–H groups in total. The topological polar surface area (TPSA) is 84.5 Å². The number of ether oxygens (including phenoxy) is 1. The fourth-order valence-corrected chi connectivity index (χ4v) is 4.86. The molecular formula is C19H20BrClN2O4S. The number of anilines is 2. The van der Waals surface area contributed by atoms with Gasteiger partial charge >= 0.3 is 0 Å². The summed E-state index contributed by atoms with van der Waals surface area (Å²) in [5, 5.41) is 3.20. The molecule has 0 saturated heterocycles. The van der Waals surface area contributed by atoms with Crippen LogP contribution in [0.1, 0.15) is 25.8 Å². The van der Waals surface area contributed by atoms with E-state index >= 15 is 0 Å². The first kappa shape index (κ1) is 21.0. The third-order valence-corrected chi connectivity index (χ3v) is 6.48. The summed E-state index contributed by atoms with van der Waals surface area (Å²) >= 11 is 9.39. The number of sulfonamides is 1. The van der Waals surface area contributed by atoms with Crippen LogP contribution in [0.2, 0.25) is 5.02 Å². The highest BCUT2D eigenvalue weighted by molar-refractivity contribution is 9.10. The van der Waals surface area contributed by atoms with Gasteiger partial charge in [0.25, 0.3) is 15.9 Å². The van der Waals surface area contributed by atoms with E-state index in [0.29, 0.717) is 27.3 Å². The standard InChI is InChI=1S/C19H20BrClN2O4S/c1-10(2)6-16-19(24)22-15-7-12(20)8-17(18(15)27-16)28(25,26)23-13-5-4-11(3)14(21)9-13/h4-5,7-10,16,23H,6H2,1-3H3,(H,22,24). The summed E-state index contributed by atoms with van der Waals surface area (Å²) in [6.45, 7) is 5.76. The number of carbonyl (C=O) groups is 1. The summed E-state index contributed by atoms with van der Waals surface area (Å²) in [7, 11) is -3.99. The van der Waals surface area contributed by atoms with Crippen molar-refractivity contribution >= 4 is 54.8 Å². The molecule has 0 fully saturated rings. The van der Waals surface area contributed by atoms with Gasteiger partial charge in [-0.25, -0.2) is 8.42 Å². The van der Waals surface area contributed by atoms with E-state index in [4.69, 9.17) is 16.3 Å². The minimum atomic E-state index is -3.99. The molecule has 0 spiro atoms. The van der Waals surface area contributed by atoms with Gasteiger partial charge in [0.05, 0.1) is 11.4 Å². The number of aryl methyl sites for hydroxylation is 1. The fraction of sp³-hybridized carbons (Fsp3) is 0.316. The zero-order valence-electron chi connectivity index (χ0n) is 15.5. The Hall–Kier alpha value is -1.77. The molecule has 1 aliphatic heterocycles. The lowest BCUT2D eigenvalue weighted by Gasteiger charge is -2.28. The Bertz CT molecular complexity index is 1040. The van der Waals surface area contributed by atoms with Crippen molar-refractivity contribution in [2.75, 3.05) is 10.0 Å². The van der Waals surface area contributed by atoms with Crippen LogP contribution in [0.25, 0.3) is 0 Å². The molecule has 1 atom stereocenters. The van der Waals surface area contributed by atoms with Crippen molar-refractivity contribution in [2.24, 2.45) is 5.92 Å². The van der Waals surface area contributed by atoms with Crippen molar-refractivity contribution in [3.8, 4) is 5.75 Å². The maximum atomic E-state index is 13.1. The molecule has 1 unspecified atom stereocenters. The molecule has 1 heterocycles. The quantitative estimate of drug-likeness (QED) is 0.624. The van der Waals surface area contributed by atoms with Gasteiger partial charge < -0.3 is 10.1 Å². The molecule has 0 saturated carbocycles. The van der Waals surface area contributed by atoms with E-state index in [1.165, 1.54) is 6.07 Å². The molecule has 0 bridgehead atoms. The number of carbonyl (C=O) groups excluding carboxylic acids is 1. The zero-order valence-corrected chi connectivity index (χ0v) is 18.7. The van der Waals surface area contributed by atoms with Crippen LogP contribution in [-0.2, 0) is 14.8 Å². The third kappa shape index (κ3) is 4.45. The lowest BCUT2D eigenvalue weighted by atomic mass is 10.0. The molecule has 150 valence electrons. The smallest absolute Gasteiger partial charge is 0.265 e. The van der Waals surface area contributed by atoms with Crippen LogP contribution in [-0.4, -0.2) is 20.4 Å². The maximum absolute atomic E-state index is 13.1. The zero-order chi connectivity index (χ0) is 20.6. The van der Waals surface area contributed by atoms with Gasteiger partial charge in [0.1, 0.15) is 4.90 Å². The average Bonchev–Trinajstić information content (AvgIpc) is 2.58. The highest BCUT2D eigenvalue weighted by atomic mass is 79.9. The van der Waals surface area contributed by atoms with Crippen molar-refractivity contribution in [3.63, 3.8) is 0 Å². The molecule has 0 aliphatic carbocycles. The van der Waals surface area contributed by atoms with Gasteiger partial charge in [-0.05, 0) is 49.1 Å². The number of hydrogen-bond acceptors (Lipinski definition) is 4. The van der Waals surface area contributed by atoms with Crippen molar-refractivity contribution < 1.29 is 17.9 Å². The lowest BCUT2D eigenvalue weighted by molar-refractivity contribution is -0.124. The van der Waals surface area contributed by atoms with E-state index < -0.39 is 16.1 Å². The molecule has 1 amide bonds. The molecule has 9 heteroatoms. The lowest BCUT2D eigenvalue weighted by Crippen LogP contribution is -2.38. The first-order valence-corrected chi connectivity index (χ1v) is 11.3. The van der Waals surface area contributed by atoms with Crippen LogP contribution >= 0.6 is 27.5 Å². The molecule has 0 radical (unpaired) electrons. The Labute approximate surface area is 177 Å².